The Morgan fingerprint density at radius 2 is 1.76 bits per heavy atom. The third-order valence-corrected chi connectivity index (χ3v) is 3.44. The summed E-state index contributed by atoms with van der Waals surface area (Å²) in [5.74, 6) is -0.281. The van der Waals surface area contributed by atoms with Crippen LogP contribution in [0.15, 0.2) is 24.3 Å². The smallest absolute Gasteiger partial charge is 0.315 e. The van der Waals surface area contributed by atoms with Gasteiger partial charge in [0.2, 0.25) is 0 Å². The van der Waals surface area contributed by atoms with E-state index in [1.165, 1.54) is 0 Å². The summed E-state index contributed by atoms with van der Waals surface area (Å²) in [6.07, 6.45) is 2.09. The van der Waals surface area contributed by atoms with Gasteiger partial charge in [-0.25, -0.2) is 4.79 Å². The summed E-state index contributed by atoms with van der Waals surface area (Å²) in [5.41, 5.74) is 6.61. The molecule has 0 saturated heterocycles. The largest absolute Gasteiger partial charge is 0.361 e. The predicted octanol–water partition coefficient (Wildman–Crippen LogP) is 1.80. The van der Waals surface area contributed by atoms with Crippen molar-refractivity contribution in [3.63, 3.8) is 0 Å². The zero-order valence-electron chi connectivity index (χ0n) is 14.9. The summed E-state index contributed by atoms with van der Waals surface area (Å²) >= 11 is 5.06. The van der Waals surface area contributed by atoms with Gasteiger partial charge in [0.05, 0.1) is 0 Å². The molecule has 0 atom stereocenters. The van der Waals surface area contributed by atoms with Crippen molar-refractivity contribution in [1.82, 2.24) is 26.8 Å². The Kier molecular flexibility index (Phi) is 9.31. The maximum Gasteiger partial charge on any atom is 0.315 e. The molecule has 0 saturated carbocycles. The fourth-order valence-corrected chi connectivity index (χ4v) is 2.03. The lowest BCUT2D eigenvalue weighted by Gasteiger charge is -2.12. The number of hydrogen-bond acceptors (Lipinski definition) is 3. The number of hydrogen-bond donors (Lipinski definition) is 5. The van der Waals surface area contributed by atoms with Crippen molar-refractivity contribution in [3.8, 4) is 0 Å². The first kappa shape index (κ1) is 20.7. The molecule has 0 aliphatic rings. The number of benzene rings is 1. The second-order valence-electron chi connectivity index (χ2n) is 5.87. The SMILES string of the molecule is CCCCNC(=S)NNC(=O)c1ccc(CNC(=O)NC(C)C)cc1. The Morgan fingerprint density at radius 1 is 1.08 bits per heavy atom. The molecule has 8 heteroatoms. The Bertz CT molecular complexity index is 575. The molecule has 0 aromatic heterocycles. The van der Waals surface area contributed by atoms with Gasteiger partial charge in [0.25, 0.3) is 5.91 Å². The lowest BCUT2D eigenvalue weighted by molar-refractivity contribution is 0.0943. The molecule has 0 heterocycles. The molecule has 25 heavy (non-hydrogen) atoms. The Morgan fingerprint density at radius 3 is 2.36 bits per heavy atom. The molecule has 0 unspecified atom stereocenters. The molecule has 0 aliphatic heterocycles. The number of amides is 3. The second kappa shape index (κ2) is 11.2. The van der Waals surface area contributed by atoms with Crippen LogP contribution in [0.1, 0.15) is 49.5 Å². The van der Waals surface area contributed by atoms with Gasteiger partial charge in [-0.05, 0) is 50.2 Å². The second-order valence-corrected chi connectivity index (χ2v) is 6.28. The van der Waals surface area contributed by atoms with Crippen molar-refractivity contribution >= 4 is 29.3 Å². The van der Waals surface area contributed by atoms with Crippen molar-refractivity contribution in [2.45, 2.75) is 46.2 Å². The molecule has 0 radical (unpaired) electrons. The summed E-state index contributed by atoms with van der Waals surface area (Å²) in [4.78, 5) is 23.6. The van der Waals surface area contributed by atoms with Crippen molar-refractivity contribution < 1.29 is 9.59 Å². The predicted molar refractivity (Wildman–Crippen MR) is 103 cm³/mol. The number of carbonyl (C=O) groups is 2. The van der Waals surface area contributed by atoms with E-state index < -0.39 is 0 Å². The van der Waals surface area contributed by atoms with Gasteiger partial charge < -0.3 is 16.0 Å². The number of carbonyl (C=O) groups excluding carboxylic acids is 2. The van der Waals surface area contributed by atoms with Gasteiger partial charge in [-0.2, -0.15) is 0 Å². The number of hydrazine groups is 1. The van der Waals surface area contributed by atoms with Crippen LogP contribution in [0.25, 0.3) is 0 Å². The molecular weight excluding hydrogens is 338 g/mol. The highest BCUT2D eigenvalue weighted by molar-refractivity contribution is 7.80. The third kappa shape index (κ3) is 8.90. The quantitative estimate of drug-likeness (QED) is 0.289. The topological polar surface area (TPSA) is 94.3 Å². The Labute approximate surface area is 154 Å². The molecule has 5 N–H and O–H groups in total. The molecule has 138 valence electrons. The zero-order chi connectivity index (χ0) is 18.7. The van der Waals surface area contributed by atoms with E-state index in [9.17, 15) is 9.59 Å². The molecule has 3 amide bonds. The molecule has 0 aliphatic carbocycles. The van der Waals surface area contributed by atoms with E-state index >= 15 is 0 Å². The summed E-state index contributed by atoms with van der Waals surface area (Å²) in [6, 6.07) is 6.85. The lowest BCUT2D eigenvalue weighted by atomic mass is 10.1. The Balaban J connectivity index is 2.38. The average Bonchev–Trinajstić information content (AvgIpc) is 2.58. The van der Waals surface area contributed by atoms with Crippen LogP contribution in [0, 0.1) is 0 Å². The van der Waals surface area contributed by atoms with Crippen LogP contribution in [0.4, 0.5) is 4.79 Å². The number of unbranched alkanes of at least 4 members (excludes halogenated alkanes) is 1. The Hall–Kier alpha value is -2.35. The summed E-state index contributed by atoms with van der Waals surface area (Å²) in [7, 11) is 0. The highest BCUT2D eigenvalue weighted by atomic mass is 32.1. The third-order valence-electron chi connectivity index (χ3n) is 3.19. The van der Waals surface area contributed by atoms with Crippen LogP contribution in [-0.4, -0.2) is 29.6 Å². The van der Waals surface area contributed by atoms with E-state index in [-0.39, 0.29) is 18.0 Å². The molecular formula is C17H27N5O2S. The van der Waals surface area contributed by atoms with Gasteiger partial charge >= 0.3 is 6.03 Å². The molecule has 7 nitrogen and oxygen atoms in total. The first-order valence-corrected chi connectivity index (χ1v) is 8.80. The normalized spacial score (nSPS) is 10.1. The number of nitrogens with one attached hydrogen (secondary N) is 5. The average molecular weight is 366 g/mol. The molecule has 0 fully saturated rings. The van der Waals surface area contributed by atoms with Crippen LogP contribution >= 0.6 is 12.2 Å². The van der Waals surface area contributed by atoms with Gasteiger partial charge in [0, 0.05) is 24.7 Å². The summed E-state index contributed by atoms with van der Waals surface area (Å²) in [6.45, 7) is 7.04. The van der Waals surface area contributed by atoms with E-state index in [2.05, 4.69) is 33.7 Å². The van der Waals surface area contributed by atoms with E-state index in [1.54, 1.807) is 24.3 Å². The number of urea groups is 1. The van der Waals surface area contributed by atoms with Gasteiger partial charge in [0.1, 0.15) is 0 Å². The van der Waals surface area contributed by atoms with Crippen LogP contribution in [0.3, 0.4) is 0 Å². The minimum absolute atomic E-state index is 0.0844. The van der Waals surface area contributed by atoms with Crippen molar-refractivity contribution in [1.29, 1.82) is 0 Å². The minimum Gasteiger partial charge on any atom is -0.361 e. The van der Waals surface area contributed by atoms with Crippen molar-refractivity contribution in [2.75, 3.05) is 6.54 Å². The lowest BCUT2D eigenvalue weighted by Crippen LogP contribution is -2.46. The van der Waals surface area contributed by atoms with Crippen LogP contribution < -0.4 is 26.8 Å². The highest BCUT2D eigenvalue weighted by Crippen LogP contribution is 2.04. The fraction of sp³-hybridized carbons (Fsp3) is 0.471. The maximum atomic E-state index is 12.0. The van der Waals surface area contributed by atoms with Gasteiger partial charge in [-0.1, -0.05) is 25.5 Å². The molecule has 1 rings (SSSR count). The van der Waals surface area contributed by atoms with Gasteiger partial charge in [0.15, 0.2) is 5.11 Å². The van der Waals surface area contributed by atoms with Gasteiger partial charge in [-0.15, -0.1) is 0 Å². The highest BCUT2D eigenvalue weighted by Gasteiger charge is 2.06. The maximum absolute atomic E-state index is 12.0. The standard InChI is InChI=1S/C17H27N5O2S/c1-4-5-10-18-17(25)22-21-15(23)14-8-6-13(7-9-14)11-19-16(24)20-12(2)3/h6-9,12H,4-5,10-11H2,1-3H3,(H,21,23)(H2,18,22,25)(H2,19,20,24). The monoisotopic (exact) mass is 365 g/mol. The zero-order valence-corrected chi connectivity index (χ0v) is 15.8. The van der Waals surface area contributed by atoms with Gasteiger partial charge in [-0.3, -0.25) is 15.6 Å². The summed E-state index contributed by atoms with van der Waals surface area (Å²) < 4.78 is 0. The van der Waals surface area contributed by atoms with Crippen molar-refractivity contribution in [3.05, 3.63) is 35.4 Å². The van der Waals surface area contributed by atoms with E-state index in [1.807, 2.05) is 13.8 Å². The molecule has 0 bridgehead atoms. The van der Waals surface area contributed by atoms with Crippen LogP contribution in [-0.2, 0) is 6.54 Å². The summed E-state index contributed by atoms with van der Waals surface area (Å²) in [5, 5.41) is 8.89. The minimum atomic E-state index is -0.281. The van der Waals surface area contributed by atoms with Crippen molar-refractivity contribution in [2.24, 2.45) is 0 Å². The number of thiocarbonyl (C=S) groups is 1. The molecule has 0 spiro atoms. The van der Waals surface area contributed by atoms with E-state index in [4.69, 9.17) is 12.2 Å². The van der Waals surface area contributed by atoms with E-state index in [0.29, 0.717) is 17.2 Å². The first-order valence-electron chi connectivity index (χ1n) is 8.39. The first-order chi connectivity index (χ1) is 11.9. The molecule has 1 aromatic carbocycles. The molecule has 1 aromatic rings. The van der Waals surface area contributed by atoms with Crippen LogP contribution in [0.5, 0.6) is 0 Å². The van der Waals surface area contributed by atoms with Crippen LogP contribution in [0.2, 0.25) is 0 Å². The number of rotatable bonds is 7. The fourth-order valence-electron chi connectivity index (χ4n) is 1.88. The van der Waals surface area contributed by atoms with E-state index in [0.717, 1.165) is 24.9 Å².